The summed E-state index contributed by atoms with van der Waals surface area (Å²) in [5.74, 6) is 0.0743. The van der Waals surface area contributed by atoms with Crippen molar-refractivity contribution < 1.29 is 33.4 Å². The topological polar surface area (TPSA) is 158 Å². The van der Waals surface area contributed by atoms with Gasteiger partial charge in [0.2, 0.25) is 5.91 Å². The van der Waals surface area contributed by atoms with Crippen LogP contribution in [0.4, 0.5) is 5.82 Å². The van der Waals surface area contributed by atoms with Gasteiger partial charge in [0.05, 0.1) is 37.7 Å². The Labute approximate surface area is 185 Å². The molecule has 0 radical (unpaired) electrons. The second-order valence-corrected chi connectivity index (χ2v) is 10.0. The number of nitrogens with one attached hydrogen (secondary N) is 1. The van der Waals surface area contributed by atoms with Gasteiger partial charge in [-0.25, -0.2) is 15.0 Å². The smallest absolute Gasteiger partial charge is 0.327 e. The number of hydrogen-bond acceptors (Lipinski definition) is 10. The molecule has 3 heterocycles. The highest BCUT2D eigenvalue weighted by Crippen LogP contribution is 2.49. The van der Waals surface area contributed by atoms with E-state index in [0.717, 1.165) is 0 Å². The van der Waals surface area contributed by atoms with Crippen LogP contribution in [0.2, 0.25) is 0 Å². The van der Waals surface area contributed by atoms with Gasteiger partial charge in [-0.1, -0.05) is 13.8 Å². The second-order valence-electron chi connectivity index (χ2n) is 7.97. The molecular weight excluding hydrogens is 441 g/mol. The summed E-state index contributed by atoms with van der Waals surface area (Å²) in [5, 5.41) is 23.7. The Bertz CT molecular complexity index is 1000. The summed E-state index contributed by atoms with van der Waals surface area (Å²) in [5.41, 5.74) is -0.424. The van der Waals surface area contributed by atoms with Crippen molar-refractivity contribution in [3.63, 3.8) is 0 Å². The van der Waals surface area contributed by atoms with Crippen molar-refractivity contribution in [2.75, 3.05) is 31.8 Å². The molecule has 0 aromatic carbocycles. The normalized spacial score (nSPS) is 27.5. The van der Waals surface area contributed by atoms with E-state index in [1.54, 1.807) is 18.4 Å². The summed E-state index contributed by atoms with van der Waals surface area (Å²) in [7, 11) is -3.30. The predicted molar refractivity (Wildman–Crippen MR) is 115 cm³/mol. The SMILES string of the molecule is CCCC(=O)Nc1ncnc2c1ncn2[C@@H]1O[C@H](COP(C)(=O)OCC)[C@H](O)C1(C)CO. The molecule has 0 spiro atoms. The molecule has 3 rings (SSSR count). The number of nitrogens with zero attached hydrogens (tertiary/aromatic N) is 4. The Morgan fingerprint density at radius 1 is 1.34 bits per heavy atom. The number of hydrogen-bond donors (Lipinski definition) is 3. The van der Waals surface area contributed by atoms with Crippen molar-refractivity contribution >= 4 is 30.5 Å². The Morgan fingerprint density at radius 3 is 2.75 bits per heavy atom. The van der Waals surface area contributed by atoms with Gasteiger partial charge in [0, 0.05) is 13.1 Å². The lowest BCUT2D eigenvalue weighted by molar-refractivity contribution is -0.116. The number of imidazole rings is 1. The van der Waals surface area contributed by atoms with Crippen LogP contribution in [0.5, 0.6) is 0 Å². The largest absolute Gasteiger partial charge is 0.396 e. The van der Waals surface area contributed by atoms with Crippen molar-refractivity contribution in [1.29, 1.82) is 0 Å². The van der Waals surface area contributed by atoms with Crippen molar-refractivity contribution in [3.8, 4) is 0 Å². The third-order valence-electron chi connectivity index (χ3n) is 5.42. The fourth-order valence-corrected chi connectivity index (χ4v) is 4.63. The van der Waals surface area contributed by atoms with Gasteiger partial charge in [-0.05, 0) is 13.3 Å². The first-order valence-electron chi connectivity index (χ1n) is 10.4. The fourth-order valence-electron chi connectivity index (χ4n) is 3.67. The van der Waals surface area contributed by atoms with Crippen LogP contribution in [-0.4, -0.2) is 74.3 Å². The molecule has 1 fully saturated rings. The predicted octanol–water partition coefficient (Wildman–Crippen LogP) is 1.70. The molecular formula is C19H30N5O7P. The molecule has 1 aliphatic rings. The van der Waals surface area contributed by atoms with E-state index >= 15 is 0 Å². The molecule has 13 heteroatoms. The van der Waals surface area contributed by atoms with Gasteiger partial charge in [-0.2, -0.15) is 0 Å². The van der Waals surface area contributed by atoms with Crippen LogP contribution in [0.15, 0.2) is 12.7 Å². The van der Waals surface area contributed by atoms with Crippen LogP contribution in [0.1, 0.15) is 39.8 Å². The van der Waals surface area contributed by atoms with E-state index in [1.807, 2.05) is 6.92 Å². The van der Waals surface area contributed by atoms with E-state index < -0.39 is 38.1 Å². The minimum atomic E-state index is -3.30. The van der Waals surface area contributed by atoms with Crippen molar-refractivity contribution in [3.05, 3.63) is 12.7 Å². The highest BCUT2D eigenvalue weighted by Gasteiger charge is 2.54. The first-order chi connectivity index (χ1) is 15.2. The highest BCUT2D eigenvalue weighted by molar-refractivity contribution is 7.52. The lowest BCUT2D eigenvalue weighted by Gasteiger charge is -2.31. The van der Waals surface area contributed by atoms with Crippen LogP contribution in [0.25, 0.3) is 11.2 Å². The zero-order valence-electron chi connectivity index (χ0n) is 18.6. The van der Waals surface area contributed by atoms with E-state index in [0.29, 0.717) is 24.0 Å². The summed E-state index contributed by atoms with van der Waals surface area (Å²) in [6.45, 7) is 6.22. The lowest BCUT2D eigenvalue weighted by atomic mass is 9.83. The van der Waals surface area contributed by atoms with Crippen molar-refractivity contribution in [2.45, 2.75) is 52.0 Å². The number of fused-ring (bicyclic) bond motifs is 1. The number of aromatic nitrogens is 4. The third-order valence-corrected chi connectivity index (χ3v) is 6.76. The third kappa shape index (κ3) is 4.85. The van der Waals surface area contributed by atoms with Crippen LogP contribution >= 0.6 is 7.60 Å². The van der Waals surface area contributed by atoms with Crippen LogP contribution < -0.4 is 5.32 Å². The number of amides is 1. The Balaban J connectivity index is 1.89. The Morgan fingerprint density at radius 2 is 2.09 bits per heavy atom. The van der Waals surface area contributed by atoms with E-state index in [2.05, 4.69) is 20.3 Å². The molecule has 12 nitrogen and oxygen atoms in total. The maximum absolute atomic E-state index is 12.3. The van der Waals surface area contributed by atoms with E-state index in [-0.39, 0.29) is 24.9 Å². The molecule has 3 N–H and O–H groups in total. The summed E-state index contributed by atoms with van der Waals surface area (Å²) in [6, 6.07) is 0. The van der Waals surface area contributed by atoms with Gasteiger partial charge in [0.1, 0.15) is 18.7 Å². The molecule has 5 atom stereocenters. The molecule has 2 aromatic heterocycles. The molecule has 2 unspecified atom stereocenters. The summed E-state index contributed by atoms with van der Waals surface area (Å²) in [4.78, 5) is 24.7. The minimum Gasteiger partial charge on any atom is -0.396 e. The molecule has 1 saturated heterocycles. The number of aliphatic hydroxyl groups excluding tert-OH is 2. The van der Waals surface area contributed by atoms with Gasteiger partial charge in [-0.3, -0.25) is 13.9 Å². The number of aliphatic hydroxyl groups is 2. The molecule has 1 aliphatic heterocycles. The number of ether oxygens (including phenoxy) is 1. The first kappa shape index (κ1) is 24.7. The number of anilines is 1. The Kier molecular flexibility index (Phi) is 7.64. The number of rotatable bonds is 10. The van der Waals surface area contributed by atoms with Gasteiger partial charge in [0.15, 0.2) is 17.0 Å². The quantitative estimate of drug-likeness (QED) is 0.436. The summed E-state index contributed by atoms with van der Waals surface area (Å²) >= 11 is 0. The van der Waals surface area contributed by atoms with Crippen LogP contribution in [-0.2, 0) is 23.1 Å². The molecule has 0 bridgehead atoms. The molecule has 2 aromatic rings. The summed E-state index contributed by atoms with van der Waals surface area (Å²) < 4.78 is 30.3. The molecule has 0 saturated carbocycles. The number of carbonyl (C=O) groups is 1. The summed E-state index contributed by atoms with van der Waals surface area (Å²) in [6.07, 6.45) is 0.898. The maximum atomic E-state index is 12.3. The molecule has 0 aliphatic carbocycles. The number of carbonyl (C=O) groups excluding carboxylic acids is 1. The first-order valence-corrected chi connectivity index (χ1v) is 12.4. The molecule has 1 amide bonds. The monoisotopic (exact) mass is 471 g/mol. The van der Waals surface area contributed by atoms with Gasteiger partial charge < -0.3 is 29.3 Å². The van der Waals surface area contributed by atoms with Crippen molar-refractivity contribution in [2.24, 2.45) is 5.41 Å². The lowest BCUT2D eigenvalue weighted by Crippen LogP contribution is -2.41. The fraction of sp³-hybridized carbons (Fsp3) is 0.684. The van der Waals surface area contributed by atoms with Gasteiger partial charge in [0.25, 0.3) is 0 Å². The van der Waals surface area contributed by atoms with Gasteiger partial charge in [-0.15, -0.1) is 0 Å². The second kappa shape index (κ2) is 9.90. The van der Waals surface area contributed by atoms with Gasteiger partial charge >= 0.3 is 7.60 Å². The maximum Gasteiger partial charge on any atom is 0.327 e. The van der Waals surface area contributed by atoms with E-state index in [9.17, 15) is 19.6 Å². The van der Waals surface area contributed by atoms with Crippen LogP contribution in [0.3, 0.4) is 0 Å². The average Bonchev–Trinajstić information content (AvgIpc) is 3.27. The van der Waals surface area contributed by atoms with Crippen molar-refractivity contribution in [1.82, 2.24) is 19.5 Å². The van der Waals surface area contributed by atoms with E-state index in [1.165, 1.54) is 19.3 Å². The zero-order chi connectivity index (χ0) is 23.5. The molecule has 32 heavy (non-hydrogen) atoms. The van der Waals surface area contributed by atoms with Crippen LogP contribution in [0, 0.1) is 5.41 Å². The highest BCUT2D eigenvalue weighted by atomic mass is 31.2. The minimum absolute atomic E-state index is 0.190. The average molecular weight is 471 g/mol. The van der Waals surface area contributed by atoms with E-state index in [4.69, 9.17) is 13.8 Å². The zero-order valence-corrected chi connectivity index (χ0v) is 19.5. The Hall–Kier alpha value is -1.95. The molecule has 178 valence electrons. The standard InChI is InChI=1S/C19H30N5O7P/c1-5-7-13(26)23-16-14-17(21-10-20-16)24(11-22-14)18-19(3,9-25)15(27)12(31-18)8-30-32(4,28)29-6-2/h10-12,15,18,25,27H,5-9H2,1-4H3,(H,20,21,23,26)/t12-,15+,18-,19?,32?/m1/s1.